The molecule has 1 N–H and O–H groups in total. The molecule has 0 amide bonds. The van der Waals surface area contributed by atoms with Crippen LogP contribution in [0.1, 0.15) is 31.7 Å². The number of halogens is 1. The van der Waals surface area contributed by atoms with Gasteiger partial charge >= 0.3 is 0 Å². The van der Waals surface area contributed by atoms with Crippen molar-refractivity contribution >= 4 is 29.9 Å². The first-order valence-electron chi connectivity index (χ1n) is 9.89. The average Bonchev–Trinajstić information content (AvgIpc) is 3.14. The van der Waals surface area contributed by atoms with Crippen LogP contribution in [-0.4, -0.2) is 71.1 Å². The highest BCUT2D eigenvalue weighted by Gasteiger charge is 2.24. The van der Waals surface area contributed by atoms with Gasteiger partial charge in [-0.3, -0.25) is 4.99 Å². The van der Waals surface area contributed by atoms with Crippen LogP contribution in [0.25, 0.3) is 0 Å². The van der Waals surface area contributed by atoms with E-state index in [4.69, 9.17) is 14.2 Å². The summed E-state index contributed by atoms with van der Waals surface area (Å²) >= 11 is 0. The van der Waals surface area contributed by atoms with Gasteiger partial charge in [-0.15, -0.1) is 24.0 Å². The number of ether oxygens (including phenoxy) is 3. The zero-order valence-corrected chi connectivity index (χ0v) is 20.0. The maximum atomic E-state index is 5.99. The summed E-state index contributed by atoms with van der Waals surface area (Å²) in [5.74, 6) is 2.91. The van der Waals surface area contributed by atoms with E-state index in [1.54, 1.807) is 7.11 Å². The minimum absolute atomic E-state index is 0. The van der Waals surface area contributed by atoms with E-state index in [2.05, 4.69) is 41.2 Å². The first-order chi connectivity index (χ1) is 13.2. The Balaban J connectivity index is 0.00000392. The van der Waals surface area contributed by atoms with Gasteiger partial charge in [0.2, 0.25) is 0 Å². The van der Waals surface area contributed by atoms with E-state index in [0.717, 1.165) is 44.4 Å². The van der Waals surface area contributed by atoms with Gasteiger partial charge < -0.3 is 24.4 Å². The van der Waals surface area contributed by atoms with Crippen molar-refractivity contribution in [1.29, 1.82) is 0 Å². The molecule has 160 valence electrons. The summed E-state index contributed by atoms with van der Waals surface area (Å²) in [6, 6.07) is 8.25. The molecule has 1 fully saturated rings. The summed E-state index contributed by atoms with van der Waals surface area (Å²) in [5.41, 5.74) is 1.25. The Morgan fingerprint density at radius 2 is 2.04 bits per heavy atom. The number of nitrogens with one attached hydrogen (secondary N) is 1. The minimum Gasteiger partial charge on any atom is -0.491 e. The van der Waals surface area contributed by atoms with Crippen LogP contribution in [-0.2, 0) is 9.47 Å². The van der Waals surface area contributed by atoms with Crippen molar-refractivity contribution < 1.29 is 14.2 Å². The molecule has 0 radical (unpaired) electrons. The van der Waals surface area contributed by atoms with Crippen LogP contribution in [0.4, 0.5) is 0 Å². The van der Waals surface area contributed by atoms with Crippen molar-refractivity contribution in [3.63, 3.8) is 0 Å². The lowest BCUT2D eigenvalue weighted by molar-refractivity contribution is 0.0536. The molecule has 1 aromatic carbocycles. The Hall–Kier alpha value is -1.06. The molecule has 6 nitrogen and oxygen atoms in total. The summed E-state index contributed by atoms with van der Waals surface area (Å²) in [6.07, 6.45) is 1.13. The molecule has 0 saturated carbocycles. The second-order valence-corrected chi connectivity index (χ2v) is 7.18. The van der Waals surface area contributed by atoms with Gasteiger partial charge in [0, 0.05) is 33.2 Å². The van der Waals surface area contributed by atoms with Gasteiger partial charge in [-0.2, -0.15) is 0 Å². The van der Waals surface area contributed by atoms with Crippen LogP contribution in [0.3, 0.4) is 0 Å². The van der Waals surface area contributed by atoms with Crippen LogP contribution in [0.5, 0.6) is 5.75 Å². The van der Waals surface area contributed by atoms with E-state index in [1.807, 2.05) is 19.2 Å². The quantitative estimate of drug-likeness (QED) is 0.229. The third-order valence-electron chi connectivity index (χ3n) is 4.77. The third-order valence-corrected chi connectivity index (χ3v) is 4.77. The molecular formula is C21H36IN3O3. The lowest BCUT2D eigenvalue weighted by atomic mass is 10.0. The lowest BCUT2D eigenvalue weighted by Gasteiger charge is -2.22. The van der Waals surface area contributed by atoms with E-state index in [0.29, 0.717) is 31.7 Å². The summed E-state index contributed by atoms with van der Waals surface area (Å²) in [5, 5.41) is 3.42. The molecule has 1 atom stereocenters. The van der Waals surface area contributed by atoms with Gasteiger partial charge in [0.15, 0.2) is 5.96 Å². The molecule has 1 unspecified atom stereocenters. The van der Waals surface area contributed by atoms with Crippen LogP contribution in [0.15, 0.2) is 29.3 Å². The molecule has 1 saturated heterocycles. The summed E-state index contributed by atoms with van der Waals surface area (Å²) < 4.78 is 16.7. The predicted molar refractivity (Wildman–Crippen MR) is 125 cm³/mol. The monoisotopic (exact) mass is 505 g/mol. The number of rotatable bonds is 10. The Bertz CT molecular complexity index is 584. The zero-order valence-electron chi connectivity index (χ0n) is 17.6. The summed E-state index contributed by atoms with van der Waals surface area (Å²) in [7, 11) is 3.53. The molecule has 0 spiro atoms. The SMILES string of the molecule is CN=C(NCCOc1ccccc1C(C)C)N1CCC(COCCOC)C1.I. The fourth-order valence-electron chi connectivity index (χ4n) is 3.30. The molecule has 0 aliphatic carbocycles. The second-order valence-electron chi connectivity index (χ2n) is 7.18. The smallest absolute Gasteiger partial charge is 0.193 e. The number of hydrogen-bond acceptors (Lipinski definition) is 4. The zero-order chi connectivity index (χ0) is 19.5. The van der Waals surface area contributed by atoms with Crippen LogP contribution >= 0.6 is 24.0 Å². The van der Waals surface area contributed by atoms with Crippen LogP contribution in [0.2, 0.25) is 0 Å². The van der Waals surface area contributed by atoms with Gasteiger partial charge in [-0.25, -0.2) is 0 Å². The van der Waals surface area contributed by atoms with E-state index >= 15 is 0 Å². The third kappa shape index (κ3) is 8.13. The molecular weight excluding hydrogens is 469 g/mol. The van der Waals surface area contributed by atoms with Crippen molar-refractivity contribution in [3.8, 4) is 5.75 Å². The van der Waals surface area contributed by atoms with Gasteiger partial charge in [0.25, 0.3) is 0 Å². The first kappa shape index (κ1) is 25.0. The summed E-state index contributed by atoms with van der Waals surface area (Å²) in [6.45, 7) is 9.79. The molecule has 28 heavy (non-hydrogen) atoms. The number of aliphatic imine (C=N–C) groups is 1. The van der Waals surface area contributed by atoms with Crippen LogP contribution < -0.4 is 10.1 Å². The number of benzene rings is 1. The number of guanidine groups is 1. The summed E-state index contributed by atoms with van der Waals surface area (Å²) in [4.78, 5) is 6.72. The van der Waals surface area contributed by atoms with Gasteiger partial charge in [0.1, 0.15) is 12.4 Å². The topological polar surface area (TPSA) is 55.3 Å². The maximum absolute atomic E-state index is 5.99. The standard InChI is InChI=1S/C21H35N3O3.HI/c1-17(2)19-7-5-6-8-20(19)27-12-10-23-21(22-3)24-11-9-18(15-24)16-26-14-13-25-4;/h5-8,17-18H,9-16H2,1-4H3,(H,22,23);1H. The van der Waals surface area contributed by atoms with Crippen molar-refractivity contribution in [3.05, 3.63) is 29.8 Å². The first-order valence-corrected chi connectivity index (χ1v) is 9.89. The van der Waals surface area contributed by atoms with Gasteiger partial charge in [0.05, 0.1) is 26.4 Å². The Morgan fingerprint density at radius 3 is 2.75 bits per heavy atom. The number of para-hydroxylation sites is 1. The number of nitrogens with zero attached hydrogens (tertiary/aromatic N) is 2. The molecule has 0 bridgehead atoms. The Morgan fingerprint density at radius 1 is 1.25 bits per heavy atom. The maximum Gasteiger partial charge on any atom is 0.193 e. The average molecular weight is 505 g/mol. The number of likely N-dealkylation sites (tertiary alicyclic amines) is 1. The Labute approximate surface area is 187 Å². The number of methoxy groups -OCH3 is 1. The molecule has 1 aromatic rings. The highest BCUT2D eigenvalue weighted by molar-refractivity contribution is 14.0. The van der Waals surface area contributed by atoms with Crippen molar-refractivity contribution in [1.82, 2.24) is 10.2 Å². The Kier molecular flexibility index (Phi) is 12.5. The number of hydrogen-bond donors (Lipinski definition) is 1. The van der Waals surface area contributed by atoms with Crippen molar-refractivity contribution in [2.75, 3.05) is 60.2 Å². The van der Waals surface area contributed by atoms with Gasteiger partial charge in [-0.05, 0) is 24.0 Å². The normalized spacial score (nSPS) is 17.0. The largest absolute Gasteiger partial charge is 0.491 e. The predicted octanol–water partition coefficient (Wildman–Crippen LogP) is 3.37. The van der Waals surface area contributed by atoms with Crippen LogP contribution in [0, 0.1) is 5.92 Å². The van der Waals surface area contributed by atoms with E-state index < -0.39 is 0 Å². The molecule has 7 heteroatoms. The van der Waals surface area contributed by atoms with Crippen molar-refractivity contribution in [2.24, 2.45) is 10.9 Å². The molecule has 0 aromatic heterocycles. The minimum atomic E-state index is 0. The molecule has 1 aliphatic rings. The van der Waals surface area contributed by atoms with Crippen molar-refractivity contribution in [2.45, 2.75) is 26.2 Å². The van der Waals surface area contributed by atoms with Gasteiger partial charge in [-0.1, -0.05) is 32.0 Å². The fourth-order valence-corrected chi connectivity index (χ4v) is 3.30. The molecule has 2 rings (SSSR count). The van der Waals surface area contributed by atoms with E-state index in [-0.39, 0.29) is 24.0 Å². The highest BCUT2D eigenvalue weighted by atomic mass is 127. The molecule has 1 heterocycles. The fraction of sp³-hybridized carbons (Fsp3) is 0.667. The second kappa shape index (κ2) is 14.0. The lowest BCUT2D eigenvalue weighted by Crippen LogP contribution is -2.41. The van der Waals surface area contributed by atoms with E-state index in [1.165, 1.54) is 5.56 Å². The highest BCUT2D eigenvalue weighted by Crippen LogP contribution is 2.25. The molecule has 1 aliphatic heterocycles. The van der Waals surface area contributed by atoms with E-state index in [9.17, 15) is 0 Å².